The van der Waals surface area contributed by atoms with Crippen molar-refractivity contribution in [2.75, 3.05) is 5.32 Å². The predicted octanol–water partition coefficient (Wildman–Crippen LogP) is 8.17. The summed E-state index contributed by atoms with van der Waals surface area (Å²) in [6.45, 7) is 9.04. The van der Waals surface area contributed by atoms with Gasteiger partial charge in [0.25, 0.3) is 0 Å². The number of halogens is 2. The lowest BCUT2D eigenvalue weighted by molar-refractivity contribution is 0.0687. The van der Waals surface area contributed by atoms with E-state index in [1.165, 1.54) is 6.07 Å². The molecule has 0 aliphatic rings. The Morgan fingerprint density at radius 2 is 1.62 bits per heavy atom. The van der Waals surface area contributed by atoms with Gasteiger partial charge in [0.2, 0.25) is 0 Å². The molecule has 0 saturated carbocycles. The Morgan fingerprint density at radius 1 is 0.923 bits per heavy atom. The summed E-state index contributed by atoms with van der Waals surface area (Å²) < 4.78 is 15.3. The Kier molecular flexibility index (Phi) is 7.10. The van der Waals surface area contributed by atoms with Gasteiger partial charge in [-0.1, -0.05) is 54.1 Å². The molecule has 5 nitrogen and oxygen atoms in total. The van der Waals surface area contributed by atoms with Crippen molar-refractivity contribution in [2.45, 2.75) is 46.3 Å². The minimum absolute atomic E-state index is 0.275. The number of hydrogen-bond acceptors (Lipinski definition) is 5. The van der Waals surface area contributed by atoms with E-state index in [9.17, 15) is 5.11 Å². The van der Waals surface area contributed by atoms with Crippen LogP contribution in [-0.4, -0.2) is 20.1 Å². The highest BCUT2D eigenvalue weighted by Crippen LogP contribution is 2.39. The first-order valence-electron chi connectivity index (χ1n) is 12.8. The molecule has 2 aromatic heterocycles. The van der Waals surface area contributed by atoms with Gasteiger partial charge in [-0.2, -0.15) is 0 Å². The number of nitrogens with zero attached hydrogens (tertiary/aromatic N) is 3. The molecule has 2 N–H and O–H groups in total. The molecule has 0 radical (unpaired) electrons. The maximum atomic E-state index is 15.3. The average Bonchev–Trinajstić information content (AvgIpc) is 2.91. The fourth-order valence-electron chi connectivity index (χ4n) is 4.92. The fraction of sp³-hybridized carbons (Fsp3) is 0.219. The molecule has 0 amide bonds. The summed E-state index contributed by atoms with van der Waals surface area (Å²) >= 11 is 6.81. The van der Waals surface area contributed by atoms with Crippen molar-refractivity contribution >= 4 is 28.2 Å². The lowest BCUT2D eigenvalue weighted by Crippen LogP contribution is -2.19. The Morgan fingerprint density at radius 3 is 2.28 bits per heavy atom. The molecule has 39 heavy (non-hydrogen) atoms. The highest BCUT2D eigenvalue weighted by Gasteiger charge is 2.22. The first-order valence-corrected chi connectivity index (χ1v) is 13.2. The molecule has 0 aliphatic heterocycles. The molecule has 7 heteroatoms. The Hall–Kier alpha value is -3.87. The first-order chi connectivity index (χ1) is 18.5. The lowest BCUT2D eigenvalue weighted by atomic mass is 9.92. The monoisotopic (exact) mass is 540 g/mol. The third kappa shape index (κ3) is 5.22. The van der Waals surface area contributed by atoms with Crippen LogP contribution in [0, 0.1) is 19.7 Å². The molecule has 5 aromatic rings. The molecule has 0 spiro atoms. The zero-order valence-corrected chi connectivity index (χ0v) is 23.3. The van der Waals surface area contributed by atoms with Gasteiger partial charge in [-0.3, -0.25) is 4.98 Å². The molecule has 0 saturated heterocycles. The number of nitrogens with one attached hydrogen (secondary N) is 1. The lowest BCUT2D eigenvalue weighted by Gasteiger charge is -2.23. The van der Waals surface area contributed by atoms with Crippen LogP contribution in [0.25, 0.3) is 33.2 Å². The SMILES string of the molecule is Cc1nc2ccc(-c3cnc(C(C)(C)O)nc3)cc2c(NC(C)c2c(F)ccc(-c3ccccc3)c2C)c1Cl. The number of fused-ring (bicyclic) bond motifs is 1. The Labute approximate surface area is 232 Å². The predicted molar refractivity (Wildman–Crippen MR) is 156 cm³/mol. The number of aromatic nitrogens is 3. The molecule has 0 bridgehead atoms. The van der Waals surface area contributed by atoms with Crippen molar-refractivity contribution in [3.63, 3.8) is 0 Å². The number of rotatable bonds is 6. The third-order valence-corrected chi connectivity index (χ3v) is 7.43. The minimum atomic E-state index is -1.13. The number of aryl methyl sites for hydroxylation is 1. The van der Waals surface area contributed by atoms with Crippen molar-refractivity contribution in [3.05, 3.63) is 107 Å². The van der Waals surface area contributed by atoms with E-state index < -0.39 is 5.60 Å². The number of aliphatic hydroxyl groups is 1. The summed E-state index contributed by atoms with van der Waals surface area (Å²) in [5.41, 5.74) is 6.14. The third-order valence-electron chi connectivity index (χ3n) is 6.96. The van der Waals surface area contributed by atoms with E-state index in [-0.39, 0.29) is 11.9 Å². The highest BCUT2D eigenvalue weighted by atomic mass is 35.5. The van der Waals surface area contributed by atoms with Gasteiger partial charge in [-0.15, -0.1) is 0 Å². The fourth-order valence-corrected chi connectivity index (χ4v) is 5.12. The van der Waals surface area contributed by atoms with Crippen LogP contribution in [0.4, 0.5) is 10.1 Å². The van der Waals surface area contributed by atoms with E-state index >= 15 is 4.39 Å². The van der Waals surface area contributed by atoms with Crippen molar-refractivity contribution in [1.82, 2.24) is 15.0 Å². The number of benzene rings is 3. The van der Waals surface area contributed by atoms with Gasteiger partial charge in [0.15, 0.2) is 5.82 Å². The molecule has 198 valence electrons. The van der Waals surface area contributed by atoms with Gasteiger partial charge in [0, 0.05) is 28.9 Å². The van der Waals surface area contributed by atoms with Crippen molar-refractivity contribution in [2.24, 2.45) is 0 Å². The van der Waals surface area contributed by atoms with Crippen LogP contribution < -0.4 is 5.32 Å². The molecule has 5 rings (SSSR count). The second-order valence-electron chi connectivity index (χ2n) is 10.3. The Bertz CT molecular complexity index is 1670. The van der Waals surface area contributed by atoms with Gasteiger partial charge >= 0.3 is 0 Å². The topological polar surface area (TPSA) is 70.9 Å². The van der Waals surface area contributed by atoms with Crippen LogP contribution in [-0.2, 0) is 5.60 Å². The Balaban J connectivity index is 1.57. The molecule has 1 unspecified atom stereocenters. The highest BCUT2D eigenvalue weighted by molar-refractivity contribution is 6.35. The molecule has 1 atom stereocenters. The zero-order chi connectivity index (χ0) is 27.9. The van der Waals surface area contributed by atoms with Crippen molar-refractivity contribution in [1.29, 1.82) is 0 Å². The number of anilines is 1. The smallest absolute Gasteiger partial charge is 0.159 e. The second-order valence-corrected chi connectivity index (χ2v) is 10.7. The van der Waals surface area contributed by atoms with Gasteiger partial charge in [0.05, 0.1) is 28.0 Å². The summed E-state index contributed by atoms with van der Waals surface area (Å²) in [4.78, 5) is 13.4. The number of hydrogen-bond donors (Lipinski definition) is 2. The summed E-state index contributed by atoms with van der Waals surface area (Å²) in [5, 5.41) is 15.0. The summed E-state index contributed by atoms with van der Waals surface area (Å²) in [5.74, 6) is 0.0711. The summed E-state index contributed by atoms with van der Waals surface area (Å²) in [6.07, 6.45) is 3.38. The van der Waals surface area contributed by atoms with Crippen molar-refractivity contribution < 1.29 is 9.50 Å². The van der Waals surface area contributed by atoms with E-state index in [0.29, 0.717) is 27.8 Å². The molecule has 3 aromatic carbocycles. The standard InChI is InChI=1S/C32H30ClFN4O/c1-18-24(21-9-7-6-8-10-21)12-13-26(34)28(18)19(2)38-30-25-15-22(11-14-27(25)37-20(3)29(30)33)23-16-35-31(36-17-23)32(4,5)39/h6-17,19,39H,1-5H3,(H,37,38). The quantitative estimate of drug-likeness (QED) is 0.227. The van der Waals surface area contributed by atoms with E-state index in [1.807, 2.05) is 75.4 Å². The van der Waals surface area contributed by atoms with E-state index in [4.69, 9.17) is 11.6 Å². The van der Waals surface area contributed by atoms with Gasteiger partial charge < -0.3 is 10.4 Å². The normalized spacial score (nSPS) is 12.5. The van der Waals surface area contributed by atoms with Gasteiger partial charge in [-0.25, -0.2) is 14.4 Å². The molecular formula is C32H30ClFN4O. The molecule has 0 aliphatic carbocycles. The maximum Gasteiger partial charge on any atom is 0.159 e. The van der Waals surface area contributed by atoms with Crippen LogP contribution in [0.1, 0.15) is 49.5 Å². The first kappa shape index (κ1) is 26.7. The van der Waals surface area contributed by atoms with Crippen LogP contribution in [0.5, 0.6) is 0 Å². The van der Waals surface area contributed by atoms with Crippen LogP contribution in [0.15, 0.2) is 73.1 Å². The number of pyridine rings is 1. The van der Waals surface area contributed by atoms with E-state index in [2.05, 4.69) is 20.3 Å². The summed E-state index contributed by atoms with van der Waals surface area (Å²) in [6, 6.07) is 18.8. The molecular weight excluding hydrogens is 511 g/mol. The average molecular weight is 541 g/mol. The van der Waals surface area contributed by atoms with E-state index in [1.54, 1.807) is 26.2 Å². The van der Waals surface area contributed by atoms with Crippen LogP contribution in [0.3, 0.4) is 0 Å². The van der Waals surface area contributed by atoms with Gasteiger partial charge in [0.1, 0.15) is 11.4 Å². The summed E-state index contributed by atoms with van der Waals surface area (Å²) in [7, 11) is 0. The maximum absolute atomic E-state index is 15.3. The van der Waals surface area contributed by atoms with Gasteiger partial charge in [-0.05, 0) is 75.1 Å². The van der Waals surface area contributed by atoms with Crippen LogP contribution in [0.2, 0.25) is 5.02 Å². The minimum Gasteiger partial charge on any atom is -0.382 e. The molecule has 2 heterocycles. The van der Waals surface area contributed by atoms with Crippen molar-refractivity contribution in [3.8, 4) is 22.3 Å². The molecule has 0 fully saturated rings. The van der Waals surface area contributed by atoms with E-state index in [0.717, 1.165) is 38.7 Å². The van der Waals surface area contributed by atoms with Crippen LogP contribution >= 0.6 is 11.6 Å². The largest absolute Gasteiger partial charge is 0.382 e. The zero-order valence-electron chi connectivity index (χ0n) is 22.6. The second kappa shape index (κ2) is 10.4.